The van der Waals surface area contributed by atoms with E-state index in [1.165, 1.54) is 12.1 Å². The number of primary sulfonamides is 1. The molecule has 6 nitrogen and oxygen atoms in total. The molecule has 106 valence electrons. The molecule has 0 unspecified atom stereocenters. The molecule has 0 radical (unpaired) electrons. The Bertz CT molecular complexity index is 684. The summed E-state index contributed by atoms with van der Waals surface area (Å²) in [5, 5.41) is 4.99. The van der Waals surface area contributed by atoms with Crippen molar-refractivity contribution in [1.29, 1.82) is 0 Å². The molecular formula is C13H14N2O4S. The Kier molecular flexibility index (Phi) is 4.21. The molecule has 1 aromatic heterocycles. The van der Waals surface area contributed by atoms with Gasteiger partial charge in [0, 0.05) is 6.07 Å². The van der Waals surface area contributed by atoms with E-state index in [1.807, 2.05) is 13.0 Å². The fourth-order valence-corrected chi connectivity index (χ4v) is 1.97. The molecule has 2 N–H and O–H groups in total. The van der Waals surface area contributed by atoms with Crippen molar-refractivity contribution in [1.82, 2.24) is 4.98 Å². The van der Waals surface area contributed by atoms with Gasteiger partial charge in [-0.05, 0) is 25.1 Å². The van der Waals surface area contributed by atoms with Gasteiger partial charge in [-0.1, -0.05) is 12.1 Å². The van der Waals surface area contributed by atoms with Crippen molar-refractivity contribution in [2.75, 3.05) is 6.61 Å². The lowest BCUT2D eigenvalue weighted by Gasteiger charge is -2.10. The van der Waals surface area contributed by atoms with Gasteiger partial charge in [-0.25, -0.2) is 18.5 Å². The molecular weight excluding hydrogens is 280 g/mol. The van der Waals surface area contributed by atoms with E-state index in [0.717, 1.165) is 6.20 Å². The van der Waals surface area contributed by atoms with E-state index in [-0.39, 0.29) is 10.8 Å². The molecule has 0 fully saturated rings. The third kappa shape index (κ3) is 3.46. The number of ether oxygens (including phenoxy) is 2. The number of rotatable bonds is 5. The summed E-state index contributed by atoms with van der Waals surface area (Å²) in [4.78, 5) is 3.84. The highest BCUT2D eigenvalue weighted by molar-refractivity contribution is 7.89. The molecule has 0 spiro atoms. The first kappa shape index (κ1) is 14.3. The first-order valence-electron chi connectivity index (χ1n) is 5.89. The number of pyridine rings is 1. The van der Waals surface area contributed by atoms with Gasteiger partial charge in [-0.15, -0.1) is 0 Å². The highest BCUT2D eigenvalue weighted by Crippen LogP contribution is 2.30. The van der Waals surface area contributed by atoms with E-state index in [1.54, 1.807) is 18.2 Å². The van der Waals surface area contributed by atoms with Crippen molar-refractivity contribution in [3.8, 4) is 17.4 Å². The fraction of sp³-hybridized carbons (Fsp3) is 0.154. The standard InChI is InChI=1S/C13H14N2O4S/c1-2-18-11-5-3-4-6-12(11)19-13-8-7-10(9-15-13)20(14,16)17/h3-9H,2H2,1H3,(H2,14,16,17). The monoisotopic (exact) mass is 294 g/mol. The van der Waals surface area contributed by atoms with Crippen molar-refractivity contribution < 1.29 is 17.9 Å². The molecule has 0 aliphatic carbocycles. The van der Waals surface area contributed by atoms with Crippen LogP contribution < -0.4 is 14.6 Å². The maximum Gasteiger partial charge on any atom is 0.239 e. The SMILES string of the molecule is CCOc1ccccc1Oc1ccc(S(N)(=O)=O)cn1. The van der Waals surface area contributed by atoms with Gasteiger partial charge in [0.1, 0.15) is 4.90 Å². The number of hydrogen-bond acceptors (Lipinski definition) is 5. The summed E-state index contributed by atoms with van der Waals surface area (Å²) in [6, 6.07) is 9.91. The highest BCUT2D eigenvalue weighted by atomic mass is 32.2. The van der Waals surface area contributed by atoms with Crippen LogP contribution in [0.25, 0.3) is 0 Å². The van der Waals surface area contributed by atoms with Gasteiger partial charge < -0.3 is 9.47 Å². The normalized spacial score (nSPS) is 11.1. The molecule has 20 heavy (non-hydrogen) atoms. The summed E-state index contributed by atoms with van der Waals surface area (Å²) in [6.45, 7) is 2.38. The van der Waals surface area contributed by atoms with Crippen molar-refractivity contribution >= 4 is 10.0 Å². The molecule has 0 atom stereocenters. The average Bonchev–Trinajstić information content (AvgIpc) is 2.41. The number of nitrogens with two attached hydrogens (primary N) is 1. The third-order valence-corrected chi connectivity index (χ3v) is 3.30. The van der Waals surface area contributed by atoms with Crippen molar-refractivity contribution in [2.45, 2.75) is 11.8 Å². The lowest BCUT2D eigenvalue weighted by atomic mass is 10.3. The van der Waals surface area contributed by atoms with Gasteiger partial charge >= 0.3 is 0 Å². The fourth-order valence-electron chi connectivity index (χ4n) is 1.52. The highest BCUT2D eigenvalue weighted by Gasteiger charge is 2.10. The van der Waals surface area contributed by atoms with Crippen LogP contribution in [0.2, 0.25) is 0 Å². The van der Waals surface area contributed by atoms with Gasteiger partial charge in [0.2, 0.25) is 15.9 Å². The minimum atomic E-state index is -3.75. The first-order valence-corrected chi connectivity index (χ1v) is 7.44. The number of hydrogen-bond donors (Lipinski definition) is 1. The van der Waals surface area contributed by atoms with E-state index in [9.17, 15) is 8.42 Å². The third-order valence-electron chi connectivity index (χ3n) is 2.40. The number of benzene rings is 1. The molecule has 0 bridgehead atoms. The predicted molar refractivity (Wildman–Crippen MR) is 73.3 cm³/mol. The summed E-state index contributed by atoms with van der Waals surface area (Å²) in [5.41, 5.74) is 0. The molecule has 0 amide bonds. The van der Waals surface area contributed by atoms with E-state index >= 15 is 0 Å². The van der Waals surface area contributed by atoms with Crippen molar-refractivity contribution in [3.63, 3.8) is 0 Å². The lowest BCUT2D eigenvalue weighted by Crippen LogP contribution is -2.12. The van der Waals surface area contributed by atoms with E-state index in [2.05, 4.69) is 4.98 Å². The smallest absolute Gasteiger partial charge is 0.239 e. The Morgan fingerprint density at radius 2 is 1.85 bits per heavy atom. The number of aromatic nitrogens is 1. The van der Waals surface area contributed by atoms with Crippen LogP contribution in [0.3, 0.4) is 0 Å². The minimum Gasteiger partial charge on any atom is -0.490 e. The quantitative estimate of drug-likeness (QED) is 0.909. The molecule has 0 aliphatic heterocycles. The van der Waals surface area contributed by atoms with Crippen LogP contribution in [-0.4, -0.2) is 20.0 Å². The van der Waals surface area contributed by atoms with Gasteiger partial charge in [-0.2, -0.15) is 0 Å². The zero-order chi connectivity index (χ0) is 14.6. The maximum absolute atomic E-state index is 11.1. The van der Waals surface area contributed by atoms with Crippen LogP contribution in [0.4, 0.5) is 0 Å². The minimum absolute atomic E-state index is 0.0667. The van der Waals surface area contributed by atoms with E-state index in [4.69, 9.17) is 14.6 Å². The molecule has 7 heteroatoms. The van der Waals surface area contributed by atoms with Crippen molar-refractivity contribution in [2.24, 2.45) is 5.14 Å². The molecule has 0 saturated carbocycles. The first-order chi connectivity index (χ1) is 9.50. The van der Waals surface area contributed by atoms with Gasteiger partial charge in [-0.3, -0.25) is 0 Å². The molecule has 0 aliphatic rings. The Morgan fingerprint density at radius 3 is 2.40 bits per heavy atom. The van der Waals surface area contributed by atoms with E-state index < -0.39 is 10.0 Å². The summed E-state index contributed by atoms with van der Waals surface area (Å²) in [7, 11) is -3.75. The predicted octanol–water partition coefficient (Wildman–Crippen LogP) is 1.92. The van der Waals surface area contributed by atoms with Gasteiger partial charge in [0.05, 0.1) is 12.8 Å². The molecule has 2 rings (SSSR count). The Hall–Kier alpha value is -2.12. The summed E-state index contributed by atoms with van der Waals surface area (Å²) in [5.74, 6) is 1.35. The molecule has 1 aromatic carbocycles. The molecule has 1 heterocycles. The van der Waals surface area contributed by atoms with Crippen LogP contribution in [0, 0.1) is 0 Å². The second-order valence-electron chi connectivity index (χ2n) is 3.86. The van der Waals surface area contributed by atoms with E-state index in [0.29, 0.717) is 18.1 Å². The van der Waals surface area contributed by atoms with Crippen LogP contribution in [0.1, 0.15) is 6.92 Å². The zero-order valence-electron chi connectivity index (χ0n) is 10.8. The number of nitrogens with zero attached hydrogens (tertiary/aromatic N) is 1. The van der Waals surface area contributed by atoms with Crippen molar-refractivity contribution in [3.05, 3.63) is 42.6 Å². The molecule has 0 saturated heterocycles. The second kappa shape index (κ2) is 5.89. The topological polar surface area (TPSA) is 91.5 Å². The Labute approximate surface area is 117 Å². The van der Waals surface area contributed by atoms with Gasteiger partial charge in [0.25, 0.3) is 0 Å². The van der Waals surface area contributed by atoms with Gasteiger partial charge in [0.15, 0.2) is 11.5 Å². The van der Waals surface area contributed by atoms with Crippen LogP contribution in [0.15, 0.2) is 47.5 Å². The molecule has 2 aromatic rings. The largest absolute Gasteiger partial charge is 0.490 e. The number of sulfonamides is 1. The Balaban J connectivity index is 2.22. The lowest BCUT2D eigenvalue weighted by molar-refractivity contribution is 0.319. The van der Waals surface area contributed by atoms with Crippen LogP contribution in [-0.2, 0) is 10.0 Å². The average molecular weight is 294 g/mol. The zero-order valence-corrected chi connectivity index (χ0v) is 11.6. The summed E-state index contributed by atoms with van der Waals surface area (Å²) >= 11 is 0. The van der Waals surface area contributed by atoms with Crippen LogP contribution in [0.5, 0.6) is 17.4 Å². The number of para-hydroxylation sites is 2. The van der Waals surface area contributed by atoms with Crippen LogP contribution >= 0.6 is 0 Å². The summed E-state index contributed by atoms with van der Waals surface area (Å²) < 4.78 is 33.2. The Morgan fingerprint density at radius 1 is 1.15 bits per heavy atom. The summed E-state index contributed by atoms with van der Waals surface area (Å²) in [6.07, 6.45) is 1.15. The maximum atomic E-state index is 11.1. The second-order valence-corrected chi connectivity index (χ2v) is 5.42.